The number of nitrogens with one attached hydrogen (secondary N) is 1. The molecule has 1 aromatic heterocycles. The molecular formula is C17H18N4O2. The monoisotopic (exact) mass is 310 g/mol. The van der Waals surface area contributed by atoms with E-state index >= 15 is 0 Å². The second kappa shape index (κ2) is 7.27. The zero-order chi connectivity index (χ0) is 16.8. The summed E-state index contributed by atoms with van der Waals surface area (Å²) in [7, 11) is 0. The van der Waals surface area contributed by atoms with E-state index in [1.807, 2.05) is 37.3 Å². The number of benzene rings is 1. The van der Waals surface area contributed by atoms with E-state index < -0.39 is 0 Å². The van der Waals surface area contributed by atoms with Gasteiger partial charge in [-0.25, -0.2) is 4.98 Å². The lowest BCUT2D eigenvalue weighted by atomic mass is 10.1. The molecule has 0 aliphatic rings. The Morgan fingerprint density at radius 1 is 1.39 bits per heavy atom. The van der Waals surface area contributed by atoms with Gasteiger partial charge >= 0.3 is 0 Å². The Morgan fingerprint density at radius 3 is 2.70 bits per heavy atom. The molecule has 1 amide bonds. The van der Waals surface area contributed by atoms with Crippen LogP contribution in [-0.2, 0) is 6.54 Å². The summed E-state index contributed by atoms with van der Waals surface area (Å²) in [5.41, 5.74) is 8.38. The molecule has 1 aromatic carbocycles. The number of anilines is 1. The number of nitrogens with two attached hydrogens (primary N) is 1. The van der Waals surface area contributed by atoms with Crippen molar-refractivity contribution in [2.24, 2.45) is 0 Å². The summed E-state index contributed by atoms with van der Waals surface area (Å²) in [6, 6.07) is 11.2. The normalized spacial score (nSPS) is 9.96. The lowest BCUT2D eigenvalue weighted by Crippen LogP contribution is -2.24. The third kappa shape index (κ3) is 3.98. The van der Waals surface area contributed by atoms with Gasteiger partial charge in [0.1, 0.15) is 17.3 Å². The van der Waals surface area contributed by atoms with Gasteiger partial charge in [0.05, 0.1) is 12.3 Å². The minimum absolute atomic E-state index is 0.0792. The van der Waals surface area contributed by atoms with Crippen LogP contribution in [0.4, 0.5) is 5.69 Å². The van der Waals surface area contributed by atoms with Crippen molar-refractivity contribution in [3.05, 3.63) is 52.7 Å². The zero-order valence-electron chi connectivity index (χ0n) is 13.1. The van der Waals surface area contributed by atoms with Gasteiger partial charge in [0, 0.05) is 6.54 Å². The van der Waals surface area contributed by atoms with Crippen LogP contribution in [0, 0.1) is 18.3 Å². The average Bonchev–Trinajstić information content (AvgIpc) is 2.54. The number of ether oxygens (including phenoxy) is 1. The summed E-state index contributed by atoms with van der Waals surface area (Å²) >= 11 is 0. The Labute approximate surface area is 134 Å². The fourth-order valence-corrected chi connectivity index (χ4v) is 1.99. The number of amides is 1. The number of aromatic nitrogens is 1. The summed E-state index contributed by atoms with van der Waals surface area (Å²) in [5.74, 6) is -0.293. The molecule has 0 atom stereocenters. The Bertz CT molecular complexity index is 748. The first-order chi connectivity index (χ1) is 11.0. The number of carbonyl (C=O) groups excluding carboxylic acids is 1. The maximum Gasteiger partial charge on any atom is 0.270 e. The van der Waals surface area contributed by atoms with Crippen LogP contribution in [0.1, 0.15) is 34.1 Å². The van der Waals surface area contributed by atoms with Crippen LogP contribution in [0.25, 0.3) is 0 Å². The fraction of sp³-hybridized carbons (Fsp3) is 0.235. The molecule has 0 bridgehead atoms. The van der Waals surface area contributed by atoms with Crippen LogP contribution >= 0.6 is 0 Å². The molecule has 23 heavy (non-hydrogen) atoms. The van der Waals surface area contributed by atoms with Crippen LogP contribution in [0.15, 0.2) is 30.3 Å². The molecule has 3 N–H and O–H groups in total. The summed E-state index contributed by atoms with van der Waals surface area (Å²) in [6.45, 7) is 4.48. The molecule has 6 heteroatoms. The Hall–Kier alpha value is -3.07. The first kappa shape index (κ1) is 16.3. The second-order valence-corrected chi connectivity index (χ2v) is 4.99. The molecule has 6 nitrogen and oxygen atoms in total. The lowest BCUT2D eigenvalue weighted by molar-refractivity contribution is 0.0945. The third-order valence-corrected chi connectivity index (χ3v) is 3.22. The molecule has 0 aliphatic carbocycles. The fourth-order valence-electron chi connectivity index (χ4n) is 1.99. The van der Waals surface area contributed by atoms with E-state index in [1.54, 1.807) is 6.92 Å². The molecule has 2 aromatic rings. The Morgan fingerprint density at radius 2 is 2.09 bits per heavy atom. The van der Waals surface area contributed by atoms with Crippen LogP contribution < -0.4 is 15.8 Å². The third-order valence-electron chi connectivity index (χ3n) is 3.22. The number of pyridine rings is 1. The summed E-state index contributed by atoms with van der Waals surface area (Å²) < 4.78 is 5.28. The van der Waals surface area contributed by atoms with Gasteiger partial charge in [0.15, 0.2) is 0 Å². The summed E-state index contributed by atoms with van der Waals surface area (Å²) in [6.07, 6.45) is 0. The minimum atomic E-state index is -0.372. The van der Waals surface area contributed by atoms with E-state index in [4.69, 9.17) is 15.7 Å². The number of carbonyl (C=O) groups is 1. The molecule has 0 saturated heterocycles. The number of rotatable bonds is 5. The largest absolute Gasteiger partial charge is 0.477 e. The van der Waals surface area contributed by atoms with Crippen molar-refractivity contribution in [3.63, 3.8) is 0 Å². The van der Waals surface area contributed by atoms with Crippen molar-refractivity contribution in [1.82, 2.24) is 10.3 Å². The SMILES string of the molecule is CCOc1nc(C(=O)NCc2ccc(C)cc2)cc(N)c1C#N. The van der Waals surface area contributed by atoms with Crippen LogP contribution in [0.5, 0.6) is 5.88 Å². The number of nitrogens with zero attached hydrogens (tertiary/aromatic N) is 2. The average molecular weight is 310 g/mol. The maximum atomic E-state index is 12.2. The molecule has 0 radical (unpaired) electrons. The van der Waals surface area contributed by atoms with Crippen LogP contribution in [0.3, 0.4) is 0 Å². The zero-order valence-corrected chi connectivity index (χ0v) is 13.1. The second-order valence-electron chi connectivity index (χ2n) is 4.99. The van der Waals surface area contributed by atoms with Gasteiger partial charge in [-0.2, -0.15) is 5.26 Å². The lowest BCUT2D eigenvalue weighted by Gasteiger charge is -2.10. The van der Waals surface area contributed by atoms with Gasteiger partial charge in [-0.15, -0.1) is 0 Å². The predicted octanol–water partition coefficient (Wildman–Crippen LogP) is 2.17. The topological polar surface area (TPSA) is 101 Å². The summed E-state index contributed by atoms with van der Waals surface area (Å²) in [5, 5.41) is 11.9. The quantitative estimate of drug-likeness (QED) is 0.881. The van der Waals surface area contributed by atoms with Crippen molar-refractivity contribution in [2.45, 2.75) is 20.4 Å². The number of aryl methyl sites for hydroxylation is 1. The number of nitrogen functional groups attached to an aromatic ring is 1. The molecule has 0 unspecified atom stereocenters. The van der Waals surface area contributed by atoms with Crippen molar-refractivity contribution < 1.29 is 9.53 Å². The van der Waals surface area contributed by atoms with Gasteiger partial charge in [-0.1, -0.05) is 29.8 Å². The smallest absolute Gasteiger partial charge is 0.270 e. The molecular weight excluding hydrogens is 292 g/mol. The summed E-state index contributed by atoms with van der Waals surface area (Å²) in [4.78, 5) is 16.3. The number of hydrogen-bond donors (Lipinski definition) is 2. The molecule has 118 valence electrons. The van der Waals surface area contributed by atoms with Crippen molar-refractivity contribution in [3.8, 4) is 11.9 Å². The maximum absolute atomic E-state index is 12.2. The molecule has 2 rings (SSSR count). The van der Waals surface area contributed by atoms with Gasteiger partial charge in [0.2, 0.25) is 5.88 Å². The standard InChI is InChI=1S/C17H18N4O2/c1-3-23-17-13(9-18)14(19)8-15(21-17)16(22)20-10-12-6-4-11(2)5-7-12/h4-8H,3,10H2,1-2H3,(H2,19,21)(H,20,22). The minimum Gasteiger partial charge on any atom is -0.477 e. The molecule has 0 saturated carbocycles. The number of nitriles is 1. The van der Waals surface area contributed by atoms with E-state index in [-0.39, 0.29) is 28.7 Å². The first-order valence-electron chi connectivity index (χ1n) is 7.22. The number of hydrogen-bond acceptors (Lipinski definition) is 5. The van der Waals surface area contributed by atoms with Crippen LogP contribution in [0.2, 0.25) is 0 Å². The highest BCUT2D eigenvalue weighted by molar-refractivity contribution is 5.93. The van der Waals surface area contributed by atoms with E-state index in [1.165, 1.54) is 6.07 Å². The van der Waals surface area contributed by atoms with Crippen molar-refractivity contribution in [1.29, 1.82) is 5.26 Å². The molecule has 0 fully saturated rings. The van der Waals surface area contributed by atoms with Gasteiger partial charge in [0.25, 0.3) is 5.91 Å². The highest BCUT2D eigenvalue weighted by Gasteiger charge is 2.16. The Balaban J connectivity index is 2.15. The van der Waals surface area contributed by atoms with Gasteiger partial charge in [-0.05, 0) is 25.5 Å². The highest BCUT2D eigenvalue weighted by Crippen LogP contribution is 2.22. The highest BCUT2D eigenvalue weighted by atomic mass is 16.5. The van der Waals surface area contributed by atoms with Crippen molar-refractivity contribution >= 4 is 11.6 Å². The molecule has 1 heterocycles. The van der Waals surface area contributed by atoms with E-state index in [0.29, 0.717) is 13.2 Å². The predicted molar refractivity (Wildman–Crippen MR) is 86.9 cm³/mol. The van der Waals surface area contributed by atoms with E-state index in [9.17, 15) is 4.79 Å². The van der Waals surface area contributed by atoms with Crippen LogP contribution in [-0.4, -0.2) is 17.5 Å². The Kier molecular flexibility index (Phi) is 5.15. The van der Waals surface area contributed by atoms with E-state index in [0.717, 1.165) is 11.1 Å². The van der Waals surface area contributed by atoms with Crippen molar-refractivity contribution in [2.75, 3.05) is 12.3 Å². The molecule has 0 spiro atoms. The van der Waals surface area contributed by atoms with Gasteiger partial charge < -0.3 is 15.8 Å². The first-order valence-corrected chi connectivity index (χ1v) is 7.22. The van der Waals surface area contributed by atoms with Gasteiger partial charge in [-0.3, -0.25) is 4.79 Å². The molecule has 0 aliphatic heterocycles. The van der Waals surface area contributed by atoms with E-state index in [2.05, 4.69) is 10.3 Å².